The van der Waals surface area contributed by atoms with Crippen molar-refractivity contribution in [3.05, 3.63) is 66.0 Å². The monoisotopic (exact) mass is 295 g/mol. The molecule has 0 spiro atoms. The predicted molar refractivity (Wildman–Crippen MR) is 90.8 cm³/mol. The number of nitrogens with one attached hydrogen (secondary N) is 1. The molecule has 1 N–H and O–H groups in total. The molecular weight excluding hydrogens is 270 g/mol. The number of nitrogens with zero attached hydrogens (tertiary/aromatic N) is 2. The molecule has 3 heteroatoms. The second-order valence-electron chi connectivity index (χ2n) is 6.39. The lowest BCUT2D eigenvalue weighted by Crippen LogP contribution is -2.34. The van der Waals surface area contributed by atoms with E-state index in [9.17, 15) is 0 Å². The van der Waals surface area contributed by atoms with Crippen LogP contribution in [0.15, 0.2) is 54.7 Å². The van der Waals surface area contributed by atoms with Crippen LogP contribution in [0.1, 0.15) is 36.6 Å². The van der Waals surface area contributed by atoms with Crippen molar-refractivity contribution in [1.29, 1.82) is 0 Å². The molecule has 3 atom stereocenters. The molecule has 3 rings (SSSR count). The van der Waals surface area contributed by atoms with E-state index in [1.165, 1.54) is 24.8 Å². The van der Waals surface area contributed by atoms with Crippen LogP contribution in [-0.2, 0) is 0 Å². The molecule has 1 aliphatic carbocycles. The van der Waals surface area contributed by atoms with E-state index < -0.39 is 0 Å². The highest BCUT2D eigenvalue weighted by Gasteiger charge is 2.28. The van der Waals surface area contributed by atoms with E-state index in [4.69, 9.17) is 0 Å². The van der Waals surface area contributed by atoms with E-state index in [-0.39, 0.29) is 6.04 Å². The van der Waals surface area contributed by atoms with Crippen molar-refractivity contribution in [3.63, 3.8) is 0 Å². The second-order valence-corrected chi connectivity index (χ2v) is 6.39. The van der Waals surface area contributed by atoms with E-state index in [1.807, 2.05) is 12.3 Å². The summed E-state index contributed by atoms with van der Waals surface area (Å²) in [6.45, 7) is 0. The molecule has 0 bridgehead atoms. The van der Waals surface area contributed by atoms with Crippen LogP contribution in [-0.4, -0.2) is 36.1 Å². The van der Waals surface area contributed by atoms with Crippen molar-refractivity contribution in [1.82, 2.24) is 15.2 Å². The van der Waals surface area contributed by atoms with Crippen molar-refractivity contribution in [3.8, 4) is 0 Å². The summed E-state index contributed by atoms with van der Waals surface area (Å²) < 4.78 is 0. The highest BCUT2D eigenvalue weighted by Crippen LogP contribution is 2.27. The summed E-state index contributed by atoms with van der Waals surface area (Å²) in [5.74, 6) is 0. The Morgan fingerprint density at radius 1 is 1.05 bits per heavy atom. The largest absolute Gasteiger partial charge is 0.306 e. The van der Waals surface area contributed by atoms with E-state index in [0.29, 0.717) is 12.1 Å². The summed E-state index contributed by atoms with van der Waals surface area (Å²) >= 11 is 0. The van der Waals surface area contributed by atoms with E-state index in [0.717, 1.165) is 5.69 Å². The molecule has 1 fully saturated rings. The van der Waals surface area contributed by atoms with Crippen LogP contribution in [0.2, 0.25) is 0 Å². The standard InChI is InChI=1S/C19H25N3/c1-22(2)17-12-11-16(14-17)21-19(15-8-4-3-5-9-15)18-10-6-7-13-20-18/h3-10,13,16-17,19,21H,11-12,14H2,1-2H3/t16-,17+,19-/m0/s1. The van der Waals surface area contributed by atoms with Gasteiger partial charge in [0.2, 0.25) is 0 Å². The minimum Gasteiger partial charge on any atom is -0.306 e. The fourth-order valence-corrected chi connectivity index (χ4v) is 3.36. The third-order valence-electron chi connectivity index (χ3n) is 4.65. The average Bonchev–Trinajstić information content (AvgIpc) is 3.03. The first-order chi connectivity index (χ1) is 10.7. The molecule has 0 unspecified atom stereocenters. The predicted octanol–water partition coefficient (Wildman–Crippen LogP) is 3.24. The van der Waals surface area contributed by atoms with Gasteiger partial charge in [0.25, 0.3) is 0 Å². The van der Waals surface area contributed by atoms with Crippen molar-refractivity contribution in [2.75, 3.05) is 14.1 Å². The fraction of sp³-hybridized carbons (Fsp3) is 0.421. The van der Waals surface area contributed by atoms with Gasteiger partial charge >= 0.3 is 0 Å². The smallest absolute Gasteiger partial charge is 0.0753 e. The van der Waals surface area contributed by atoms with Gasteiger partial charge in [-0.25, -0.2) is 0 Å². The number of rotatable bonds is 5. The molecule has 0 aliphatic heterocycles. The molecule has 0 saturated heterocycles. The van der Waals surface area contributed by atoms with Crippen molar-refractivity contribution in [2.24, 2.45) is 0 Å². The molecule has 0 radical (unpaired) electrons. The lowest BCUT2D eigenvalue weighted by atomic mass is 10.0. The Labute approximate surface area is 133 Å². The zero-order valence-electron chi connectivity index (χ0n) is 13.4. The Balaban J connectivity index is 1.78. The topological polar surface area (TPSA) is 28.2 Å². The molecular formula is C19H25N3. The molecule has 116 valence electrons. The van der Waals surface area contributed by atoms with E-state index >= 15 is 0 Å². The summed E-state index contributed by atoms with van der Waals surface area (Å²) in [5.41, 5.74) is 2.39. The first-order valence-corrected chi connectivity index (χ1v) is 8.12. The first-order valence-electron chi connectivity index (χ1n) is 8.12. The number of aromatic nitrogens is 1. The van der Waals surface area contributed by atoms with Gasteiger partial charge in [-0.3, -0.25) is 4.98 Å². The van der Waals surface area contributed by atoms with Gasteiger partial charge in [-0.05, 0) is 51.1 Å². The van der Waals surface area contributed by atoms with Gasteiger partial charge in [-0.2, -0.15) is 0 Å². The maximum absolute atomic E-state index is 4.58. The van der Waals surface area contributed by atoms with Crippen LogP contribution in [0, 0.1) is 0 Å². The fourth-order valence-electron chi connectivity index (χ4n) is 3.36. The Bertz CT molecular complexity index is 528. The summed E-state index contributed by atoms with van der Waals surface area (Å²) in [4.78, 5) is 6.93. The average molecular weight is 295 g/mol. The molecule has 1 aromatic heterocycles. The van der Waals surface area contributed by atoms with Crippen LogP contribution in [0.5, 0.6) is 0 Å². The molecule has 22 heavy (non-hydrogen) atoms. The zero-order valence-corrected chi connectivity index (χ0v) is 13.4. The quantitative estimate of drug-likeness (QED) is 0.918. The van der Waals surface area contributed by atoms with Crippen molar-refractivity contribution < 1.29 is 0 Å². The lowest BCUT2D eigenvalue weighted by molar-refractivity contribution is 0.291. The number of hydrogen-bond acceptors (Lipinski definition) is 3. The highest BCUT2D eigenvalue weighted by atomic mass is 15.1. The third-order valence-corrected chi connectivity index (χ3v) is 4.65. The molecule has 2 aromatic rings. The third kappa shape index (κ3) is 3.54. The van der Waals surface area contributed by atoms with Crippen LogP contribution < -0.4 is 5.32 Å². The van der Waals surface area contributed by atoms with Gasteiger partial charge in [0.1, 0.15) is 0 Å². The van der Waals surface area contributed by atoms with Crippen LogP contribution >= 0.6 is 0 Å². The van der Waals surface area contributed by atoms with Gasteiger partial charge in [0.15, 0.2) is 0 Å². The van der Waals surface area contributed by atoms with Gasteiger partial charge < -0.3 is 10.2 Å². The molecule has 1 saturated carbocycles. The van der Waals surface area contributed by atoms with Crippen molar-refractivity contribution >= 4 is 0 Å². The first kappa shape index (κ1) is 15.2. The molecule has 1 aromatic carbocycles. The summed E-state index contributed by atoms with van der Waals surface area (Å²) in [7, 11) is 4.36. The molecule has 1 heterocycles. The minimum atomic E-state index is 0.174. The number of benzene rings is 1. The Morgan fingerprint density at radius 3 is 2.45 bits per heavy atom. The minimum absolute atomic E-state index is 0.174. The van der Waals surface area contributed by atoms with Gasteiger partial charge in [0, 0.05) is 18.3 Å². The normalized spacial score (nSPS) is 22.9. The van der Waals surface area contributed by atoms with Gasteiger partial charge in [-0.15, -0.1) is 0 Å². The van der Waals surface area contributed by atoms with Gasteiger partial charge in [-0.1, -0.05) is 36.4 Å². The highest BCUT2D eigenvalue weighted by molar-refractivity contribution is 5.27. The van der Waals surface area contributed by atoms with Crippen LogP contribution in [0.4, 0.5) is 0 Å². The lowest BCUT2D eigenvalue weighted by Gasteiger charge is -2.24. The van der Waals surface area contributed by atoms with Crippen molar-refractivity contribution in [2.45, 2.75) is 37.4 Å². The van der Waals surface area contributed by atoms with Crippen LogP contribution in [0.3, 0.4) is 0 Å². The Morgan fingerprint density at radius 2 is 1.82 bits per heavy atom. The molecule has 1 aliphatic rings. The number of pyridine rings is 1. The van der Waals surface area contributed by atoms with E-state index in [1.54, 1.807) is 0 Å². The summed E-state index contributed by atoms with van der Waals surface area (Å²) in [5, 5.41) is 3.84. The maximum Gasteiger partial charge on any atom is 0.0753 e. The SMILES string of the molecule is CN(C)[C@@H]1CC[C@H](N[C@@H](c2ccccc2)c2ccccn2)C1. The maximum atomic E-state index is 4.58. The molecule has 0 amide bonds. The zero-order chi connectivity index (χ0) is 15.4. The van der Waals surface area contributed by atoms with Crippen LogP contribution in [0.25, 0.3) is 0 Å². The van der Waals surface area contributed by atoms with Gasteiger partial charge in [0.05, 0.1) is 11.7 Å². The Hall–Kier alpha value is -1.71. The molecule has 3 nitrogen and oxygen atoms in total. The Kier molecular flexibility index (Phi) is 4.86. The number of hydrogen-bond donors (Lipinski definition) is 1. The van der Waals surface area contributed by atoms with E-state index in [2.05, 4.69) is 71.8 Å². The summed E-state index contributed by atoms with van der Waals surface area (Å²) in [6, 6.07) is 18.2. The second kappa shape index (κ2) is 7.03. The summed E-state index contributed by atoms with van der Waals surface area (Å²) in [6.07, 6.45) is 5.60.